The Morgan fingerprint density at radius 2 is 1.69 bits per heavy atom. The van der Waals surface area contributed by atoms with Gasteiger partial charge in [-0.1, -0.05) is 18.2 Å². The van der Waals surface area contributed by atoms with E-state index in [1.54, 1.807) is 59.8 Å². The summed E-state index contributed by atoms with van der Waals surface area (Å²) in [6.07, 6.45) is 3.23. The normalized spacial score (nSPS) is 10.5. The van der Waals surface area contributed by atoms with Crippen LogP contribution in [0.4, 0.5) is 11.4 Å². The minimum Gasteiger partial charge on any atom is -0.432 e. The number of benzene rings is 3. The van der Waals surface area contributed by atoms with E-state index in [9.17, 15) is 9.90 Å². The van der Waals surface area contributed by atoms with Gasteiger partial charge in [-0.2, -0.15) is 0 Å². The first kappa shape index (κ1) is 21.4. The molecule has 0 bridgehead atoms. The number of ether oxygens (including phenoxy) is 1. The van der Waals surface area contributed by atoms with Crippen LogP contribution in [-0.4, -0.2) is 39.3 Å². The van der Waals surface area contributed by atoms with E-state index in [1.807, 2.05) is 30.3 Å². The molecule has 4 aromatic rings. The summed E-state index contributed by atoms with van der Waals surface area (Å²) >= 11 is 5.42. The van der Waals surface area contributed by atoms with E-state index < -0.39 is 0 Å². The predicted molar refractivity (Wildman–Crippen MR) is 128 cm³/mol. The molecular weight excluding hydrogens is 424 g/mol. The largest absolute Gasteiger partial charge is 0.432 e. The molecule has 7 nitrogen and oxygen atoms in total. The number of para-hydroxylation sites is 1. The van der Waals surface area contributed by atoms with Crippen LogP contribution in [0.2, 0.25) is 0 Å². The Balaban J connectivity index is 1.42. The number of nitrogens with one attached hydrogen (secondary N) is 1. The number of hydrogen-bond donors (Lipinski definition) is 2. The first-order valence-corrected chi connectivity index (χ1v) is 10.3. The maximum atomic E-state index is 12.6. The van der Waals surface area contributed by atoms with Crippen LogP contribution in [0.25, 0.3) is 11.0 Å². The molecule has 8 heteroatoms. The van der Waals surface area contributed by atoms with Crippen molar-refractivity contribution in [1.82, 2.24) is 9.97 Å². The number of rotatable bonds is 6. The highest BCUT2D eigenvalue weighted by molar-refractivity contribution is 7.80. The van der Waals surface area contributed by atoms with Crippen molar-refractivity contribution in [2.24, 2.45) is 0 Å². The molecule has 0 saturated heterocycles. The minimum atomic E-state index is -0.256. The summed E-state index contributed by atoms with van der Waals surface area (Å²) < 4.78 is 5.78. The van der Waals surface area contributed by atoms with Crippen LogP contribution in [0.15, 0.2) is 85.2 Å². The summed E-state index contributed by atoms with van der Waals surface area (Å²) in [7, 11) is 0. The molecule has 0 aliphatic rings. The van der Waals surface area contributed by atoms with Crippen LogP contribution in [0, 0.1) is 0 Å². The van der Waals surface area contributed by atoms with Gasteiger partial charge in [0.05, 0.1) is 24.2 Å². The highest BCUT2D eigenvalue weighted by Crippen LogP contribution is 2.20. The number of carbonyl (C=O) groups is 1. The average molecular weight is 445 g/mol. The molecule has 2 N–H and O–H groups in total. The molecule has 0 fully saturated rings. The first-order valence-electron chi connectivity index (χ1n) is 9.91. The first-order chi connectivity index (χ1) is 15.6. The van der Waals surface area contributed by atoms with Crippen LogP contribution >= 0.6 is 12.2 Å². The van der Waals surface area contributed by atoms with Gasteiger partial charge in [0, 0.05) is 29.3 Å². The van der Waals surface area contributed by atoms with E-state index in [1.165, 1.54) is 0 Å². The molecule has 0 radical (unpaired) electrons. The van der Waals surface area contributed by atoms with Gasteiger partial charge in [-0.25, -0.2) is 0 Å². The fourth-order valence-corrected chi connectivity index (χ4v) is 3.40. The monoisotopic (exact) mass is 444 g/mol. The molecular formula is C24H20N4O3S. The maximum absolute atomic E-state index is 12.6. The second kappa shape index (κ2) is 9.95. The number of hydrogen-bond acceptors (Lipinski definition) is 6. The SMILES string of the molecule is O=C(Nc1ccc2nccnc2c1)c1ccc(OC(=S)N(CCO)c2ccccc2)cc1. The van der Waals surface area contributed by atoms with E-state index in [0.29, 0.717) is 29.1 Å². The quantitative estimate of drug-likeness (QED) is 0.434. The number of thiocarbonyl (C=S) groups is 1. The molecule has 1 amide bonds. The standard InChI is InChI=1S/C24H20N4O3S/c29-15-14-28(19-4-2-1-3-5-19)24(32)31-20-9-6-17(7-10-20)23(30)27-18-8-11-21-22(16-18)26-13-12-25-21/h1-13,16,29H,14-15H2,(H,27,30). The Bertz CT molecular complexity index is 1230. The molecule has 1 heterocycles. The third-order valence-electron chi connectivity index (χ3n) is 4.66. The van der Waals surface area contributed by atoms with Gasteiger partial charge >= 0.3 is 0 Å². The van der Waals surface area contributed by atoms with Crippen molar-refractivity contribution in [3.05, 3.63) is 90.8 Å². The van der Waals surface area contributed by atoms with Crippen LogP contribution in [-0.2, 0) is 0 Å². The smallest absolute Gasteiger partial charge is 0.269 e. The number of anilines is 2. The van der Waals surface area contributed by atoms with Gasteiger partial charge in [0.2, 0.25) is 0 Å². The summed E-state index contributed by atoms with van der Waals surface area (Å²) in [5.41, 5.74) is 3.38. The lowest BCUT2D eigenvalue weighted by Gasteiger charge is -2.24. The number of carbonyl (C=O) groups excluding carboxylic acids is 1. The molecule has 4 rings (SSSR count). The van der Waals surface area contributed by atoms with Crippen LogP contribution in [0.1, 0.15) is 10.4 Å². The van der Waals surface area contributed by atoms with Gasteiger partial charge in [0.1, 0.15) is 5.75 Å². The molecule has 0 atom stereocenters. The van der Waals surface area contributed by atoms with Gasteiger partial charge in [-0.15, -0.1) is 0 Å². The number of nitrogens with zero attached hydrogens (tertiary/aromatic N) is 3. The third kappa shape index (κ3) is 5.05. The van der Waals surface area contributed by atoms with Gasteiger partial charge in [-0.05, 0) is 66.8 Å². The van der Waals surface area contributed by atoms with E-state index >= 15 is 0 Å². The lowest BCUT2D eigenvalue weighted by Crippen LogP contribution is -2.35. The molecule has 160 valence electrons. The van der Waals surface area contributed by atoms with Gasteiger partial charge < -0.3 is 20.1 Å². The van der Waals surface area contributed by atoms with E-state index in [0.717, 1.165) is 11.2 Å². The highest BCUT2D eigenvalue weighted by Gasteiger charge is 2.14. The predicted octanol–water partition coefficient (Wildman–Crippen LogP) is 4.04. The number of aromatic nitrogens is 2. The van der Waals surface area contributed by atoms with E-state index in [2.05, 4.69) is 15.3 Å². The second-order valence-electron chi connectivity index (χ2n) is 6.82. The molecule has 0 saturated carbocycles. The Labute approximate surface area is 190 Å². The molecule has 0 spiro atoms. The van der Waals surface area contributed by atoms with Crippen molar-refractivity contribution in [2.75, 3.05) is 23.4 Å². The number of amides is 1. The number of aliphatic hydroxyl groups is 1. The summed E-state index contributed by atoms with van der Waals surface area (Å²) in [5.74, 6) is 0.236. The van der Waals surface area contributed by atoms with E-state index in [4.69, 9.17) is 17.0 Å². The summed E-state index contributed by atoms with van der Waals surface area (Å²) in [4.78, 5) is 22.8. The summed E-state index contributed by atoms with van der Waals surface area (Å²) in [6, 6.07) is 21.5. The fraction of sp³-hybridized carbons (Fsp3) is 0.0833. The zero-order valence-electron chi connectivity index (χ0n) is 17.0. The second-order valence-corrected chi connectivity index (χ2v) is 7.17. The summed E-state index contributed by atoms with van der Waals surface area (Å²) in [6.45, 7) is 0.233. The topological polar surface area (TPSA) is 87.6 Å². The van der Waals surface area contributed by atoms with Crippen molar-refractivity contribution in [2.45, 2.75) is 0 Å². The van der Waals surface area contributed by atoms with Crippen molar-refractivity contribution in [3.8, 4) is 5.75 Å². The van der Waals surface area contributed by atoms with Crippen LogP contribution < -0.4 is 15.0 Å². The average Bonchev–Trinajstić information content (AvgIpc) is 2.83. The Morgan fingerprint density at radius 3 is 2.41 bits per heavy atom. The summed E-state index contributed by atoms with van der Waals surface area (Å²) in [5, 5.41) is 12.4. The highest BCUT2D eigenvalue weighted by atomic mass is 32.1. The molecule has 3 aromatic carbocycles. The molecule has 0 unspecified atom stereocenters. The van der Waals surface area contributed by atoms with Crippen LogP contribution in [0.3, 0.4) is 0 Å². The Hall–Kier alpha value is -3.88. The van der Waals surface area contributed by atoms with Gasteiger partial charge in [0.15, 0.2) is 0 Å². The van der Waals surface area contributed by atoms with Crippen LogP contribution in [0.5, 0.6) is 5.75 Å². The fourth-order valence-electron chi connectivity index (χ4n) is 3.11. The molecule has 0 aliphatic heterocycles. The van der Waals surface area contributed by atoms with Crippen molar-refractivity contribution >= 4 is 45.7 Å². The van der Waals surface area contributed by atoms with Crippen molar-refractivity contribution < 1.29 is 14.6 Å². The van der Waals surface area contributed by atoms with Crippen molar-refractivity contribution in [1.29, 1.82) is 0 Å². The van der Waals surface area contributed by atoms with E-state index in [-0.39, 0.29) is 17.7 Å². The lowest BCUT2D eigenvalue weighted by atomic mass is 10.2. The minimum absolute atomic E-state index is 0.0716. The zero-order chi connectivity index (χ0) is 22.3. The molecule has 1 aromatic heterocycles. The molecule has 32 heavy (non-hydrogen) atoms. The van der Waals surface area contributed by atoms with Crippen molar-refractivity contribution in [3.63, 3.8) is 0 Å². The Morgan fingerprint density at radius 1 is 0.969 bits per heavy atom. The third-order valence-corrected chi connectivity index (χ3v) is 4.96. The Kier molecular flexibility index (Phi) is 6.64. The van der Waals surface area contributed by atoms with Gasteiger partial charge in [0.25, 0.3) is 11.1 Å². The number of aliphatic hydroxyl groups excluding tert-OH is 1. The zero-order valence-corrected chi connectivity index (χ0v) is 17.8. The molecule has 0 aliphatic carbocycles. The number of fused-ring (bicyclic) bond motifs is 1. The van der Waals surface area contributed by atoms with Gasteiger partial charge in [-0.3, -0.25) is 14.8 Å². The lowest BCUT2D eigenvalue weighted by molar-refractivity contribution is 0.102. The maximum Gasteiger partial charge on any atom is 0.269 e.